The van der Waals surface area contributed by atoms with E-state index in [0.29, 0.717) is 11.6 Å². The van der Waals surface area contributed by atoms with E-state index in [1.165, 1.54) is 0 Å². The Balaban J connectivity index is 2.24. The van der Waals surface area contributed by atoms with Crippen LogP contribution in [0.3, 0.4) is 0 Å². The number of rotatable bonds is 3. The normalized spacial score (nSPS) is 18.3. The molecule has 80 valence electrons. The van der Waals surface area contributed by atoms with E-state index < -0.39 is 0 Å². The molecular weight excluding hydrogens is 210 g/mol. The fraction of sp³-hybridized carbons (Fsp3) is 0.417. The predicted octanol–water partition coefficient (Wildman–Crippen LogP) is 2.65. The number of benzene rings is 1. The topological polar surface area (TPSA) is 43.1 Å². The van der Waals surface area contributed by atoms with Gasteiger partial charge in [0.2, 0.25) is 0 Å². The molecule has 0 aliphatic heterocycles. The van der Waals surface area contributed by atoms with Gasteiger partial charge in [-0.15, -0.1) is 0 Å². The molecule has 0 bridgehead atoms. The van der Waals surface area contributed by atoms with Gasteiger partial charge in [-0.1, -0.05) is 18.0 Å². The molecule has 0 heterocycles. The summed E-state index contributed by atoms with van der Waals surface area (Å²) in [6.07, 6.45) is 2.95. The van der Waals surface area contributed by atoms with Crippen LogP contribution in [-0.4, -0.2) is 12.3 Å². The van der Waals surface area contributed by atoms with Crippen molar-refractivity contribution in [2.75, 3.05) is 6.54 Å². The summed E-state index contributed by atoms with van der Waals surface area (Å²) in [5, 5.41) is 0.655. The predicted molar refractivity (Wildman–Crippen MR) is 61.1 cm³/mol. The lowest BCUT2D eigenvalue weighted by Gasteiger charge is -2.39. The first-order valence-electron chi connectivity index (χ1n) is 5.18. The molecule has 15 heavy (non-hydrogen) atoms. The Bertz CT molecular complexity index is 362. The molecule has 2 rings (SSSR count). The third-order valence-corrected chi connectivity index (χ3v) is 3.54. The Morgan fingerprint density at radius 1 is 1.33 bits per heavy atom. The van der Waals surface area contributed by atoms with Crippen LogP contribution in [0.1, 0.15) is 29.6 Å². The highest BCUT2D eigenvalue weighted by molar-refractivity contribution is 6.30. The van der Waals surface area contributed by atoms with Gasteiger partial charge in [-0.05, 0) is 37.1 Å². The van der Waals surface area contributed by atoms with Crippen molar-refractivity contribution in [2.24, 2.45) is 11.1 Å². The number of ketones is 1. The molecule has 1 aliphatic rings. The molecule has 1 aromatic carbocycles. The van der Waals surface area contributed by atoms with Crippen molar-refractivity contribution >= 4 is 17.4 Å². The summed E-state index contributed by atoms with van der Waals surface area (Å²) in [5.41, 5.74) is 6.13. The highest BCUT2D eigenvalue weighted by Gasteiger charge is 2.42. The number of hydrogen-bond acceptors (Lipinski definition) is 2. The lowest BCUT2D eigenvalue weighted by atomic mass is 9.64. The average molecular weight is 224 g/mol. The van der Waals surface area contributed by atoms with Gasteiger partial charge in [-0.3, -0.25) is 4.79 Å². The van der Waals surface area contributed by atoms with Gasteiger partial charge in [0.25, 0.3) is 0 Å². The highest BCUT2D eigenvalue weighted by Crippen LogP contribution is 2.42. The van der Waals surface area contributed by atoms with Crippen LogP contribution in [0.2, 0.25) is 5.02 Å². The van der Waals surface area contributed by atoms with Crippen molar-refractivity contribution < 1.29 is 4.79 Å². The maximum Gasteiger partial charge on any atom is 0.170 e. The molecule has 1 fully saturated rings. The zero-order valence-corrected chi connectivity index (χ0v) is 9.26. The van der Waals surface area contributed by atoms with Crippen LogP contribution in [0.15, 0.2) is 24.3 Å². The quantitative estimate of drug-likeness (QED) is 0.801. The van der Waals surface area contributed by atoms with E-state index in [1.807, 2.05) is 0 Å². The second-order valence-electron chi connectivity index (χ2n) is 4.17. The first-order valence-corrected chi connectivity index (χ1v) is 5.56. The monoisotopic (exact) mass is 223 g/mol. The Hall–Kier alpha value is -0.860. The van der Waals surface area contributed by atoms with Gasteiger partial charge in [0.1, 0.15) is 0 Å². The number of halogens is 1. The molecule has 0 unspecified atom stereocenters. The number of nitrogens with two attached hydrogens (primary N) is 1. The van der Waals surface area contributed by atoms with Crippen molar-refractivity contribution in [3.8, 4) is 0 Å². The van der Waals surface area contributed by atoms with Gasteiger partial charge >= 0.3 is 0 Å². The highest BCUT2D eigenvalue weighted by atomic mass is 35.5. The first-order chi connectivity index (χ1) is 7.18. The minimum atomic E-state index is -0.284. The molecule has 0 radical (unpaired) electrons. The Labute approximate surface area is 94.4 Å². The van der Waals surface area contributed by atoms with Crippen molar-refractivity contribution in [3.05, 3.63) is 34.9 Å². The average Bonchev–Trinajstić information content (AvgIpc) is 2.18. The first kappa shape index (κ1) is 10.7. The minimum absolute atomic E-state index is 0.174. The third kappa shape index (κ3) is 1.80. The van der Waals surface area contributed by atoms with Gasteiger partial charge in [-0.25, -0.2) is 0 Å². The fourth-order valence-electron chi connectivity index (χ4n) is 2.03. The molecule has 0 aromatic heterocycles. The second kappa shape index (κ2) is 3.95. The molecule has 0 amide bonds. The van der Waals surface area contributed by atoms with Crippen LogP contribution in [0, 0.1) is 5.41 Å². The van der Waals surface area contributed by atoms with Gasteiger partial charge < -0.3 is 5.73 Å². The lowest BCUT2D eigenvalue weighted by molar-refractivity contribution is 0.0636. The Morgan fingerprint density at radius 2 is 1.93 bits per heavy atom. The summed E-state index contributed by atoms with van der Waals surface area (Å²) in [4.78, 5) is 12.2. The van der Waals surface area contributed by atoms with E-state index in [1.54, 1.807) is 24.3 Å². The second-order valence-corrected chi connectivity index (χ2v) is 4.61. The van der Waals surface area contributed by atoms with Crippen LogP contribution < -0.4 is 5.73 Å². The molecule has 1 aliphatic carbocycles. The summed E-state index contributed by atoms with van der Waals surface area (Å²) in [5.74, 6) is 0.174. The van der Waals surface area contributed by atoms with Gasteiger partial charge in [0.05, 0.1) is 0 Å². The molecule has 3 heteroatoms. The van der Waals surface area contributed by atoms with E-state index in [9.17, 15) is 4.79 Å². The van der Waals surface area contributed by atoms with Gasteiger partial charge in [0, 0.05) is 22.5 Å². The van der Waals surface area contributed by atoms with Crippen LogP contribution in [0.5, 0.6) is 0 Å². The number of hydrogen-bond donors (Lipinski definition) is 1. The van der Waals surface area contributed by atoms with Crippen molar-refractivity contribution in [2.45, 2.75) is 19.3 Å². The smallest absolute Gasteiger partial charge is 0.170 e. The number of carbonyl (C=O) groups is 1. The summed E-state index contributed by atoms with van der Waals surface area (Å²) in [6, 6.07) is 7.05. The van der Waals surface area contributed by atoms with Crippen LogP contribution >= 0.6 is 11.6 Å². The van der Waals surface area contributed by atoms with E-state index in [4.69, 9.17) is 17.3 Å². The third-order valence-electron chi connectivity index (χ3n) is 3.29. The molecule has 0 saturated heterocycles. The standard InChI is InChI=1S/C12H14ClNO/c13-10-4-2-9(3-5-10)11(15)12(8-14)6-1-7-12/h2-5H,1,6-8,14H2. The Kier molecular flexibility index (Phi) is 2.81. The molecule has 2 nitrogen and oxygen atoms in total. The molecule has 0 atom stereocenters. The van der Waals surface area contributed by atoms with Crippen LogP contribution in [0.25, 0.3) is 0 Å². The summed E-state index contributed by atoms with van der Waals surface area (Å²) < 4.78 is 0. The molecule has 1 aromatic rings. The van der Waals surface area contributed by atoms with E-state index in [0.717, 1.165) is 24.8 Å². The van der Waals surface area contributed by atoms with Crippen LogP contribution in [0.4, 0.5) is 0 Å². The maximum atomic E-state index is 12.2. The van der Waals surface area contributed by atoms with Crippen molar-refractivity contribution in [1.29, 1.82) is 0 Å². The number of Topliss-reactive ketones (excluding diaryl/α,β-unsaturated/α-hetero) is 1. The SMILES string of the molecule is NCC1(C(=O)c2ccc(Cl)cc2)CCC1. The summed E-state index contributed by atoms with van der Waals surface area (Å²) in [6.45, 7) is 0.453. The summed E-state index contributed by atoms with van der Waals surface area (Å²) >= 11 is 5.78. The maximum absolute atomic E-state index is 12.2. The lowest BCUT2D eigenvalue weighted by Crippen LogP contribution is -2.44. The summed E-state index contributed by atoms with van der Waals surface area (Å²) in [7, 11) is 0. The molecule has 1 saturated carbocycles. The molecule has 0 spiro atoms. The van der Waals surface area contributed by atoms with E-state index in [-0.39, 0.29) is 11.2 Å². The van der Waals surface area contributed by atoms with E-state index in [2.05, 4.69) is 0 Å². The zero-order valence-electron chi connectivity index (χ0n) is 8.50. The van der Waals surface area contributed by atoms with Crippen molar-refractivity contribution in [3.63, 3.8) is 0 Å². The van der Waals surface area contributed by atoms with Gasteiger partial charge in [0.15, 0.2) is 5.78 Å². The zero-order chi connectivity index (χ0) is 10.9. The van der Waals surface area contributed by atoms with Gasteiger partial charge in [-0.2, -0.15) is 0 Å². The molecular formula is C12H14ClNO. The van der Waals surface area contributed by atoms with Crippen LogP contribution in [-0.2, 0) is 0 Å². The number of carbonyl (C=O) groups excluding carboxylic acids is 1. The molecule has 2 N–H and O–H groups in total. The van der Waals surface area contributed by atoms with Crippen molar-refractivity contribution in [1.82, 2.24) is 0 Å². The minimum Gasteiger partial charge on any atom is -0.329 e. The fourth-order valence-corrected chi connectivity index (χ4v) is 2.16. The largest absolute Gasteiger partial charge is 0.329 e. The van der Waals surface area contributed by atoms with E-state index >= 15 is 0 Å². The Morgan fingerprint density at radius 3 is 2.33 bits per heavy atom.